The molecule has 244 valence electrons. The molecule has 2 bridgehead atoms. The van der Waals surface area contributed by atoms with E-state index in [1.54, 1.807) is 6.20 Å². The van der Waals surface area contributed by atoms with Crippen LogP contribution in [0.15, 0.2) is 42.9 Å². The molecule has 0 aliphatic carbocycles. The summed E-state index contributed by atoms with van der Waals surface area (Å²) in [6.45, 7) is 2.49. The number of pyridine rings is 1. The van der Waals surface area contributed by atoms with Crippen LogP contribution in [-0.4, -0.2) is 72.2 Å². The number of hydrogen-bond donors (Lipinski definition) is 1. The smallest absolute Gasteiger partial charge is 0.317 e. The second kappa shape index (κ2) is 11.2. The molecule has 9 rings (SSSR count). The van der Waals surface area contributed by atoms with Crippen molar-refractivity contribution in [2.24, 2.45) is 0 Å². The molecular formula is C37H34F2N6O3. The van der Waals surface area contributed by atoms with Crippen molar-refractivity contribution in [3.05, 3.63) is 60.1 Å². The van der Waals surface area contributed by atoms with Crippen molar-refractivity contribution < 1.29 is 23.4 Å². The van der Waals surface area contributed by atoms with Crippen molar-refractivity contribution in [3.63, 3.8) is 0 Å². The molecule has 4 aliphatic heterocycles. The number of aromatic nitrogens is 5. The first-order valence-electron chi connectivity index (χ1n) is 16.8. The first-order chi connectivity index (χ1) is 23.4. The fraction of sp³-hybridized carbons (Fsp3) is 0.405. The molecule has 0 saturated carbocycles. The quantitative estimate of drug-likeness (QED) is 0.207. The number of terminal acetylenes is 1. The van der Waals surface area contributed by atoms with Gasteiger partial charge in [0.2, 0.25) is 0 Å². The lowest BCUT2D eigenvalue weighted by molar-refractivity contribution is -0.0180. The van der Waals surface area contributed by atoms with E-state index in [0.717, 1.165) is 64.5 Å². The highest BCUT2D eigenvalue weighted by atomic mass is 19.1. The fourth-order valence-electron chi connectivity index (χ4n) is 8.63. The highest BCUT2D eigenvalue weighted by molar-refractivity contribution is 6.03. The minimum atomic E-state index is -0.755. The van der Waals surface area contributed by atoms with Gasteiger partial charge in [0.1, 0.15) is 29.4 Å². The summed E-state index contributed by atoms with van der Waals surface area (Å²) >= 11 is 0. The van der Waals surface area contributed by atoms with Crippen LogP contribution in [-0.2, 0) is 4.74 Å². The van der Waals surface area contributed by atoms with Gasteiger partial charge in [-0.3, -0.25) is 14.6 Å². The lowest BCUT2D eigenvalue weighted by Gasteiger charge is -2.31. The molecule has 5 aromatic rings. The van der Waals surface area contributed by atoms with Gasteiger partial charge in [0.15, 0.2) is 5.82 Å². The van der Waals surface area contributed by atoms with Crippen molar-refractivity contribution in [1.82, 2.24) is 29.6 Å². The maximum Gasteiger partial charge on any atom is 0.317 e. The third-order valence-corrected chi connectivity index (χ3v) is 10.9. The van der Waals surface area contributed by atoms with E-state index >= 15 is 4.39 Å². The summed E-state index contributed by atoms with van der Waals surface area (Å²) < 4.78 is 46.1. The molecule has 4 aliphatic rings. The average molecular weight is 649 g/mol. The molecule has 4 fully saturated rings. The zero-order valence-electron chi connectivity index (χ0n) is 26.3. The zero-order chi connectivity index (χ0) is 32.6. The van der Waals surface area contributed by atoms with E-state index in [1.807, 2.05) is 10.9 Å². The van der Waals surface area contributed by atoms with Crippen LogP contribution in [0.2, 0.25) is 0 Å². The average Bonchev–Trinajstić information content (AvgIpc) is 3.88. The molecule has 48 heavy (non-hydrogen) atoms. The molecule has 0 amide bonds. The SMILES string of the molecule is C#Cc1c(F)ccc2cc(O)cc(-c3ncc4c(-c5cnn(C6CC7CCC(C6)O7)c5)nc(OCC56CCCN5CCC6)nc4c3F)c12. The van der Waals surface area contributed by atoms with Crippen LogP contribution in [0.1, 0.15) is 63.0 Å². The van der Waals surface area contributed by atoms with Gasteiger partial charge in [-0.1, -0.05) is 12.0 Å². The molecule has 7 heterocycles. The fourth-order valence-corrected chi connectivity index (χ4v) is 8.63. The molecule has 1 N–H and O–H groups in total. The summed E-state index contributed by atoms with van der Waals surface area (Å²) in [4.78, 5) is 16.5. The predicted molar refractivity (Wildman–Crippen MR) is 175 cm³/mol. The highest BCUT2D eigenvalue weighted by Gasteiger charge is 2.45. The van der Waals surface area contributed by atoms with Crippen molar-refractivity contribution in [2.45, 2.75) is 75.2 Å². The second-order valence-electron chi connectivity index (χ2n) is 13.7. The van der Waals surface area contributed by atoms with E-state index in [2.05, 4.69) is 20.8 Å². The largest absolute Gasteiger partial charge is 0.508 e. The Morgan fingerprint density at radius 3 is 2.60 bits per heavy atom. The lowest BCUT2D eigenvalue weighted by atomic mass is 9.95. The van der Waals surface area contributed by atoms with Crippen molar-refractivity contribution in [2.75, 3.05) is 19.7 Å². The lowest BCUT2D eigenvalue weighted by Crippen LogP contribution is -2.43. The maximum atomic E-state index is 16.9. The molecule has 2 atom stereocenters. The van der Waals surface area contributed by atoms with Crippen molar-refractivity contribution >= 4 is 21.7 Å². The summed E-state index contributed by atoms with van der Waals surface area (Å²) in [7, 11) is 0. The monoisotopic (exact) mass is 648 g/mol. The molecule has 3 aromatic heterocycles. The van der Waals surface area contributed by atoms with E-state index in [-0.39, 0.29) is 63.3 Å². The summed E-state index contributed by atoms with van der Waals surface area (Å²) in [5.74, 6) is 0.878. The first-order valence-corrected chi connectivity index (χ1v) is 16.8. The van der Waals surface area contributed by atoms with Crippen LogP contribution >= 0.6 is 0 Å². The predicted octanol–water partition coefficient (Wildman–Crippen LogP) is 6.56. The first kappa shape index (κ1) is 29.5. The number of hydrogen-bond acceptors (Lipinski definition) is 8. The van der Waals surface area contributed by atoms with Gasteiger partial charge < -0.3 is 14.6 Å². The van der Waals surface area contributed by atoms with Gasteiger partial charge in [-0.05, 0) is 88.0 Å². The highest BCUT2D eigenvalue weighted by Crippen LogP contribution is 2.42. The molecule has 0 spiro atoms. The Kier molecular flexibility index (Phi) is 6.88. The van der Waals surface area contributed by atoms with E-state index in [9.17, 15) is 9.50 Å². The van der Waals surface area contributed by atoms with Gasteiger partial charge >= 0.3 is 6.01 Å². The molecule has 0 radical (unpaired) electrons. The van der Waals surface area contributed by atoms with Gasteiger partial charge in [0.25, 0.3) is 0 Å². The van der Waals surface area contributed by atoms with Crippen molar-refractivity contribution in [3.8, 4) is 46.6 Å². The van der Waals surface area contributed by atoms with Gasteiger partial charge in [0, 0.05) is 34.3 Å². The summed E-state index contributed by atoms with van der Waals surface area (Å²) in [5.41, 5.74) is 1.09. The normalized spacial score (nSPS) is 23.1. The van der Waals surface area contributed by atoms with E-state index < -0.39 is 11.6 Å². The Morgan fingerprint density at radius 1 is 1.04 bits per heavy atom. The number of nitrogens with zero attached hydrogens (tertiary/aromatic N) is 6. The molecular weight excluding hydrogens is 614 g/mol. The number of halogens is 2. The van der Waals surface area contributed by atoms with Gasteiger partial charge in [-0.15, -0.1) is 6.42 Å². The van der Waals surface area contributed by atoms with Crippen molar-refractivity contribution in [1.29, 1.82) is 0 Å². The van der Waals surface area contributed by atoms with Crippen LogP contribution in [0.25, 0.3) is 44.2 Å². The van der Waals surface area contributed by atoms with Crippen LogP contribution < -0.4 is 4.74 Å². The number of benzene rings is 2. The third kappa shape index (κ3) is 4.72. The second-order valence-corrected chi connectivity index (χ2v) is 13.7. The summed E-state index contributed by atoms with van der Waals surface area (Å²) in [6, 6.07) is 5.80. The number of aromatic hydroxyl groups is 1. The number of rotatable bonds is 6. The number of fused-ring (bicyclic) bond motifs is 5. The number of phenols is 1. The minimum Gasteiger partial charge on any atom is -0.508 e. The Morgan fingerprint density at radius 2 is 1.83 bits per heavy atom. The van der Waals surface area contributed by atoms with Gasteiger partial charge in [0.05, 0.1) is 41.2 Å². The Labute approximate surface area is 275 Å². The van der Waals surface area contributed by atoms with E-state index in [0.29, 0.717) is 28.6 Å². The topological polar surface area (TPSA) is 98.4 Å². The molecule has 9 nitrogen and oxygen atoms in total. The molecule has 4 saturated heterocycles. The Balaban J connectivity index is 1.18. The standard InChI is InChI=1S/C37H34F2N6O3/c1-2-27-30(38)8-5-21-13-24(46)16-28(31(21)27)34-32(39)35-29(18-40-34)33(22-17-41-45(19-22)23-14-25-6-7-26(15-23)48-25)42-36(43-35)47-20-37-9-3-11-44(37)12-4-10-37/h1,5,8,13,16-19,23,25-26,46H,3-4,6-7,9-12,14-15,20H2. The maximum absolute atomic E-state index is 16.9. The third-order valence-electron chi connectivity index (χ3n) is 10.9. The van der Waals surface area contributed by atoms with Gasteiger partial charge in [-0.25, -0.2) is 8.78 Å². The van der Waals surface area contributed by atoms with Crippen LogP contribution in [0.4, 0.5) is 8.78 Å². The number of phenolic OH excluding ortho intramolecular Hbond substituents is 1. The molecule has 2 aromatic carbocycles. The number of ether oxygens (including phenoxy) is 2. The van der Waals surface area contributed by atoms with Gasteiger partial charge in [-0.2, -0.15) is 15.1 Å². The minimum absolute atomic E-state index is 0.000727. The molecule has 11 heteroatoms. The van der Waals surface area contributed by atoms with Crippen LogP contribution in [0.5, 0.6) is 11.8 Å². The van der Waals surface area contributed by atoms with Crippen LogP contribution in [0, 0.1) is 24.0 Å². The zero-order valence-corrected chi connectivity index (χ0v) is 26.3. The van der Waals surface area contributed by atoms with E-state index in [1.165, 1.54) is 30.5 Å². The van der Waals surface area contributed by atoms with Crippen LogP contribution in [0.3, 0.4) is 0 Å². The Bertz CT molecular complexity index is 2120. The Hall–Kier alpha value is -4.66. The van der Waals surface area contributed by atoms with E-state index in [4.69, 9.17) is 26.0 Å². The molecule has 2 unspecified atom stereocenters. The summed E-state index contributed by atoms with van der Waals surface area (Å²) in [6.07, 6.45) is 19.6. The summed E-state index contributed by atoms with van der Waals surface area (Å²) in [5, 5.41) is 16.4.